The van der Waals surface area contributed by atoms with Gasteiger partial charge in [0, 0.05) is 24.2 Å². The minimum Gasteiger partial charge on any atom is -0.489 e. The van der Waals surface area contributed by atoms with E-state index in [0.29, 0.717) is 17.4 Å². The number of hydrogen-bond acceptors (Lipinski definition) is 4. The van der Waals surface area contributed by atoms with Crippen LogP contribution in [-0.2, 0) is 28.0 Å². The monoisotopic (exact) mass is 458 g/mol. The molecule has 0 aromatic heterocycles. The molecule has 0 aliphatic rings. The van der Waals surface area contributed by atoms with E-state index >= 15 is 0 Å². The van der Waals surface area contributed by atoms with Crippen LogP contribution in [0.25, 0.3) is 0 Å². The summed E-state index contributed by atoms with van der Waals surface area (Å²) in [5.41, 5.74) is 1.84. The summed E-state index contributed by atoms with van der Waals surface area (Å²) in [4.78, 5) is 12.4. The Morgan fingerprint density at radius 2 is 1.61 bits per heavy atom. The summed E-state index contributed by atoms with van der Waals surface area (Å²) in [5.74, 6) is 0.242. The van der Waals surface area contributed by atoms with Gasteiger partial charge < -0.3 is 10.1 Å². The van der Waals surface area contributed by atoms with Gasteiger partial charge in [0.05, 0.1) is 11.4 Å². The number of amides is 1. The molecule has 3 aromatic rings. The van der Waals surface area contributed by atoms with Gasteiger partial charge in [-0.1, -0.05) is 60.1 Å². The first kappa shape index (κ1) is 22.8. The second-order valence-corrected chi connectivity index (χ2v) is 9.36. The molecular weight excluding hydrogens is 436 g/mol. The lowest BCUT2D eigenvalue weighted by molar-refractivity contribution is -0.121. The van der Waals surface area contributed by atoms with Gasteiger partial charge in [0.25, 0.3) is 0 Å². The highest BCUT2D eigenvalue weighted by Crippen LogP contribution is 2.20. The average molecular weight is 459 g/mol. The first-order valence-corrected chi connectivity index (χ1v) is 11.4. The summed E-state index contributed by atoms with van der Waals surface area (Å²) in [6, 6.07) is 23.0. The summed E-state index contributed by atoms with van der Waals surface area (Å²) in [5, 5.41) is 3.19. The van der Waals surface area contributed by atoms with Gasteiger partial charge in [-0.15, -0.1) is 0 Å². The van der Waals surface area contributed by atoms with Crippen molar-refractivity contribution in [1.29, 1.82) is 0 Å². The number of hydrogen-bond donors (Lipinski definition) is 1. The van der Waals surface area contributed by atoms with E-state index in [1.165, 1.54) is 31.3 Å². The second-order valence-electron chi connectivity index (χ2n) is 6.87. The summed E-state index contributed by atoms with van der Waals surface area (Å²) in [6.07, 6.45) is 0. The first-order chi connectivity index (χ1) is 14.9. The molecule has 0 fully saturated rings. The molecule has 1 N–H and O–H groups in total. The van der Waals surface area contributed by atoms with E-state index in [0.717, 1.165) is 15.4 Å². The zero-order chi connectivity index (χ0) is 22.3. The number of nitrogens with zero attached hydrogens (tertiary/aromatic N) is 1. The zero-order valence-corrected chi connectivity index (χ0v) is 18.6. The number of carbonyl (C=O) groups is 1. The zero-order valence-electron chi connectivity index (χ0n) is 17.0. The van der Waals surface area contributed by atoms with Crippen LogP contribution in [0.3, 0.4) is 0 Å². The Labute approximate surface area is 187 Å². The maximum atomic E-state index is 12.6. The van der Waals surface area contributed by atoms with Gasteiger partial charge in [0.1, 0.15) is 12.4 Å². The van der Waals surface area contributed by atoms with E-state index in [1.807, 2.05) is 54.6 Å². The summed E-state index contributed by atoms with van der Waals surface area (Å²) in [7, 11) is -2.43. The van der Waals surface area contributed by atoms with E-state index in [1.54, 1.807) is 0 Å². The molecule has 0 aliphatic carbocycles. The molecule has 0 heterocycles. The third-order valence-corrected chi connectivity index (χ3v) is 6.64. The fourth-order valence-electron chi connectivity index (χ4n) is 2.85. The molecule has 3 rings (SSSR count). The van der Waals surface area contributed by atoms with Crippen LogP contribution in [0, 0.1) is 0 Å². The van der Waals surface area contributed by atoms with Crippen LogP contribution < -0.4 is 10.1 Å². The van der Waals surface area contributed by atoms with Crippen molar-refractivity contribution in [3.8, 4) is 5.75 Å². The topological polar surface area (TPSA) is 75.7 Å². The molecule has 6 nitrogen and oxygen atoms in total. The lowest BCUT2D eigenvalue weighted by Gasteiger charge is -2.17. The summed E-state index contributed by atoms with van der Waals surface area (Å²) >= 11 is 5.81. The minimum absolute atomic E-state index is 0.0758. The van der Waals surface area contributed by atoms with Gasteiger partial charge >= 0.3 is 0 Å². The van der Waals surface area contributed by atoms with Gasteiger partial charge in [0.15, 0.2) is 0 Å². The van der Waals surface area contributed by atoms with Crippen molar-refractivity contribution in [3.63, 3.8) is 0 Å². The summed E-state index contributed by atoms with van der Waals surface area (Å²) < 4.78 is 32.1. The molecule has 0 unspecified atom stereocenters. The number of para-hydroxylation sites is 1. The molecule has 0 atom stereocenters. The van der Waals surface area contributed by atoms with Crippen LogP contribution in [-0.4, -0.2) is 32.2 Å². The van der Waals surface area contributed by atoms with Crippen LogP contribution in [0.15, 0.2) is 83.8 Å². The molecule has 3 aromatic carbocycles. The largest absolute Gasteiger partial charge is 0.489 e. The maximum absolute atomic E-state index is 12.6. The van der Waals surface area contributed by atoms with Crippen molar-refractivity contribution in [2.24, 2.45) is 0 Å². The van der Waals surface area contributed by atoms with E-state index in [2.05, 4.69) is 5.32 Å². The number of halogens is 1. The average Bonchev–Trinajstić information content (AvgIpc) is 2.77. The third-order valence-electron chi connectivity index (χ3n) is 4.57. The van der Waals surface area contributed by atoms with Crippen LogP contribution in [0.4, 0.5) is 0 Å². The van der Waals surface area contributed by atoms with Gasteiger partial charge in [0.2, 0.25) is 15.9 Å². The summed E-state index contributed by atoms with van der Waals surface area (Å²) in [6.45, 7) is 0.324. The molecule has 0 saturated heterocycles. The maximum Gasteiger partial charge on any atom is 0.243 e. The van der Waals surface area contributed by atoms with Crippen molar-refractivity contribution in [2.75, 3.05) is 13.6 Å². The smallest absolute Gasteiger partial charge is 0.243 e. The van der Waals surface area contributed by atoms with Crippen LogP contribution in [0.1, 0.15) is 11.1 Å². The van der Waals surface area contributed by atoms with Crippen molar-refractivity contribution in [1.82, 2.24) is 9.62 Å². The van der Waals surface area contributed by atoms with Crippen LogP contribution in [0.2, 0.25) is 5.02 Å². The second kappa shape index (κ2) is 10.4. The number of carbonyl (C=O) groups excluding carboxylic acids is 1. The molecule has 162 valence electrons. The van der Waals surface area contributed by atoms with Crippen molar-refractivity contribution in [2.45, 2.75) is 18.0 Å². The highest BCUT2D eigenvalue weighted by Gasteiger charge is 2.22. The molecule has 0 saturated carbocycles. The standard InChI is InChI=1S/C23H23ClN2O4S/c1-26(31(28,29)21-13-11-20(24)12-14-21)16-23(27)25-15-19-9-5-6-10-22(19)30-17-18-7-3-2-4-8-18/h2-14H,15-17H2,1H3,(H,25,27). The number of nitrogens with one attached hydrogen (secondary N) is 1. The number of likely N-dealkylation sites (N-methyl/N-ethyl adjacent to an activating group) is 1. The highest BCUT2D eigenvalue weighted by molar-refractivity contribution is 7.89. The van der Waals surface area contributed by atoms with Crippen molar-refractivity contribution < 1.29 is 17.9 Å². The molecule has 8 heteroatoms. The quantitative estimate of drug-likeness (QED) is 0.528. The molecule has 31 heavy (non-hydrogen) atoms. The fourth-order valence-corrected chi connectivity index (χ4v) is 4.10. The van der Waals surface area contributed by atoms with Gasteiger partial charge in [-0.25, -0.2) is 8.42 Å². The van der Waals surface area contributed by atoms with E-state index in [4.69, 9.17) is 16.3 Å². The third kappa shape index (κ3) is 6.30. The van der Waals surface area contributed by atoms with E-state index in [-0.39, 0.29) is 18.0 Å². The number of ether oxygens (including phenoxy) is 1. The Morgan fingerprint density at radius 1 is 0.968 bits per heavy atom. The van der Waals surface area contributed by atoms with Gasteiger partial charge in [-0.05, 0) is 35.9 Å². The first-order valence-electron chi connectivity index (χ1n) is 9.59. The van der Waals surface area contributed by atoms with Gasteiger partial charge in [-0.3, -0.25) is 4.79 Å². The number of sulfonamides is 1. The SMILES string of the molecule is CN(CC(=O)NCc1ccccc1OCc1ccccc1)S(=O)(=O)c1ccc(Cl)cc1. The normalized spacial score (nSPS) is 11.3. The van der Waals surface area contributed by atoms with Crippen molar-refractivity contribution >= 4 is 27.5 Å². The number of benzene rings is 3. The molecule has 0 bridgehead atoms. The van der Waals surface area contributed by atoms with Crippen LogP contribution >= 0.6 is 11.6 Å². The van der Waals surface area contributed by atoms with E-state index in [9.17, 15) is 13.2 Å². The van der Waals surface area contributed by atoms with Crippen LogP contribution in [0.5, 0.6) is 5.75 Å². The predicted octanol–water partition coefficient (Wildman–Crippen LogP) is 3.86. The molecule has 0 radical (unpaired) electrons. The predicted molar refractivity (Wildman–Crippen MR) is 120 cm³/mol. The Balaban J connectivity index is 1.57. The Morgan fingerprint density at radius 3 is 2.32 bits per heavy atom. The fraction of sp³-hybridized carbons (Fsp3) is 0.174. The lowest BCUT2D eigenvalue weighted by atomic mass is 10.2. The molecule has 0 spiro atoms. The minimum atomic E-state index is -3.79. The van der Waals surface area contributed by atoms with Gasteiger partial charge in [-0.2, -0.15) is 4.31 Å². The lowest BCUT2D eigenvalue weighted by Crippen LogP contribution is -2.38. The molecule has 1 amide bonds. The molecular formula is C23H23ClN2O4S. The molecule has 0 aliphatic heterocycles. The van der Waals surface area contributed by atoms with E-state index < -0.39 is 15.9 Å². The number of rotatable bonds is 9. The highest BCUT2D eigenvalue weighted by atomic mass is 35.5. The van der Waals surface area contributed by atoms with Crippen molar-refractivity contribution in [3.05, 3.63) is 95.0 Å². The Bertz CT molecular complexity index is 1120. The Kier molecular flexibility index (Phi) is 7.68. The Hall–Kier alpha value is -2.87.